The van der Waals surface area contributed by atoms with Crippen molar-refractivity contribution in [2.24, 2.45) is 4.99 Å². The molecule has 0 heterocycles. The Hall–Kier alpha value is -1.66. The summed E-state index contributed by atoms with van der Waals surface area (Å²) in [6.45, 7) is 3.01. The van der Waals surface area contributed by atoms with Gasteiger partial charge in [0.15, 0.2) is 5.96 Å². The van der Waals surface area contributed by atoms with Crippen LogP contribution in [-0.2, 0) is 16.0 Å². The zero-order valence-corrected chi connectivity index (χ0v) is 12.0. The van der Waals surface area contributed by atoms with Crippen molar-refractivity contribution in [3.05, 3.63) is 35.6 Å². The number of hydrogen-bond donors (Lipinski definition) is 2. The van der Waals surface area contributed by atoms with E-state index in [0.29, 0.717) is 38.9 Å². The highest BCUT2D eigenvalue weighted by Crippen LogP contribution is 2.01. The van der Waals surface area contributed by atoms with E-state index in [-0.39, 0.29) is 5.82 Å². The van der Waals surface area contributed by atoms with Crippen LogP contribution in [0, 0.1) is 5.82 Å². The van der Waals surface area contributed by atoms with Crippen molar-refractivity contribution in [2.45, 2.75) is 6.54 Å². The van der Waals surface area contributed by atoms with Gasteiger partial charge in [0, 0.05) is 27.2 Å². The predicted octanol–water partition coefficient (Wildman–Crippen LogP) is 1.15. The van der Waals surface area contributed by atoms with Gasteiger partial charge in [0.1, 0.15) is 5.82 Å². The summed E-state index contributed by atoms with van der Waals surface area (Å²) in [5, 5.41) is 6.27. The first-order valence-electron chi connectivity index (χ1n) is 6.52. The Morgan fingerprint density at radius 3 is 2.55 bits per heavy atom. The fraction of sp³-hybridized carbons (Fsp3) is 0.500. The monoisotopic (exact) mass is 283 g/mol. The summed E-state index contributed by atoms with van der Waals surface area (Å²) >= 11 is 0. The quantitative estimate of drug-likeness (QED) is 0.427. The Bertz CT molecular complexity index is 396. The molecular formula is C14H22FN3O2. The maximum Gasteiger partial charge on any atom is 0.191 e. The molecule has 20 heavy (non-hydrogen) atoms. The van der Waals surface area contributed by atoms with Gasteiger partial charge < -0.3 is 20.1 Å². The largest absolute Gasteiger partial charge is 0.382 e. The molecule has 0 atom stereocenters. The summed E-state index contributed by atoms with van der Waals surface area (Å²) in [6.07, 6.45) is 0. The number of nitrogens with zero attached hydrogens (tertiary/aromatic N) is 1. The summed E-state index contributed by atoms with van der Waals surface area (Å²) in [5.41, 5.74) is 0.991. The van der Waals surface area contributed by atoms with Crippen molar-refractivity contribution < 1.29 is 13.9 Å². The molecule has 112 valence electrons. The molecule has 0 saturated carbocycles. The molecule has 1 aromatic rings. The fourth-order valence-corrected chi connectivity index (χ4v) is 1.49. The van der Waals surface area contributed by atoms with Crippen LogP contribution >= 0.6 is 0 Å². The lowest BCUT2D eigenvalue weighted by atomic mass is 10.2. The van der Waals surface area contributed by atoms with Crippen LogP contribution in [0.4, 0.5) is 4.39 Å². The Kier molecular flexibility index (Phi) is 8.33. The lowest BCUT2D eigenvalue weighted by Crippen LogP contribution is -2.38. The standard InChI is InChI=1S/C14H22FN3O2/c1-16-14(17-7-8-20-10-9-19-2)18-11-12-3-5-13(15)6-4-12/h3-6H,7-11H2,1-2H3,(H2,16,17,18). The number of ether oxygens (including phenoxy) is 2. The second-order valence-electron chi connectivity index (χ2n) is 4.08. The minimum Gasteiger partial charge on any atom is -0.382 e. The van der Waals surface area contributed by atoms with Gasteiger partial charge in [0.05, 0.1) is 19.8 Å². The first-order valence-corrected chi connectivity index (χ1v) is 6.52. The Labute approximate surface area is 119 Å². The normalized spacial score (nSPS) is 11.4. The van der Waals surface area contributed by atoms with E-state index >= 15 is 0 Å². The SMILES string of the molecule is CN=C(NCCOCCOC)NCc1ccc(F)cc1. The molecule has 0 aliphatic rings. The van der Waals surface area contributed by atoms with Crippen molar-refractivity contribution in [3.63, 3.8) is 0 Å². The van der Waals surface area contributed by atoms with Crippen LogP contribution in [0.2, 0.25) is 0 Å². The van der Waals surface area contributed by atoms with Crippen molar-refractivity contribution in [1.29, 1.82) is 0 Å². The van der Waals surface area contributed by atoms with Crippen LogP contribution in [0.5, 0.6) is 0 Å². The van der Waals surface area contributed by atoms with Crippen molar-refractivity contribution in [2.75, 3.05) is 40.5 Å². The number of hydrogen-bond acceptors (Lipinski definition) is 3. The average Bonchev–Trinajstić information content (AvgIpc) is 2.47. The van der Waals surface area contributed by atoms with Gasteiger partial charge in [-0.2, -0.15) is 0 Å². The Morgan fingerprint density at radius 2 is 1.90 bits per heavy atom. The smallest absolute Gasteiger partial charge is 0.191 e. The van der Waals surface area contributed by atoms with E-state index in [9.17, 15) is 4.39 Å². The third-order valence-electron chi connectivity index (χ3n) is 2.57. The minimum absolute atomic E-state index is 0.232. The van der Waals surface area contributed by atoms with E-state index in [1.807, 2.05) is 0 Å². The third-order valence-corrected chi connectivity index (χ3v) is 2.57. The van der Waals surface area contributed by atoms with Crippen LogP contribution in [0.25, 0.3) is 0 Å². The number of methoxy groups -OCH3 is 1. The molecule has 0 aromatic heterocycles. The van der Waals surface area contributed by atoms with Gasteiger partial charge in [-0.3, -0.25) is 4.99 Å². The van der Waals surface area contributed by atoms with Gasteiger partial charge in [-0.1, -0.05) is 12.1 Å². The lowest BCUT2D eigenvalue weighted by Gasteiger charge is -2.12. The molecule has 1 rings (SSSR count). The maximum atomic E-state index is 12.8. The first kappa shape index (κ1) is 16.4. The molecule has 0 aliphatic heterocycles. The number of halogens is 1. The lowest BCUT2D eigenvalue weighted by molar-refractivity contribution is 0.0733. The Morgan fingerprint density at radius 1 is 1.15 bits per heavy atom. The molecule has 6 heteroatoms. The topological polar surface area (TPSA) is 54.9 Å². The highest BCUT2D eigenvalue weighted by molar-refractivity contribution is 5.79. The first-order chi connectivity index (χ1) is 9.76. The van der Waals surface area contributed by atoms with E-state index in [0.717, 1.165) is 5.56 Å². The van der Waals surface area contributed by atoms with E-state index in [1.165, 1.54) is 12.1 Å². The van der Waals surface area contributed by atoms with Gasteiger partial charge in [-0.25, -0.2) is 4.39 Å². The molecule has 0 aliphatic carbocycles. The minimum atomic E-state index is -0.232. The van der Waals surface area contributed by atoms with E-state index in [2.05, 4.69) is 15.6 Å². The summed E-state index contributed by atoms with van der Waals surface area (Å²) in [4.78, 5) is 4.09. The van der Waals surface area contributed by atoms with Gasteiger partial charge in [0.2, 0.25) is 0 Å². The van der Waals surface area contributed by atoms with E-state index in [1.54, 1.807) is 26.3 Å². The number of benzene rings is 1. The fourth-order valence-electron chi connectivity index (χ4n) is 1.49. The summed E-state index contributed by atoms with van der Waals surface area (Å²) < 4.78 is 23.0. The van der Waals surface area contributed by atoms with Crippen molar-refractivity contribution in [1.82, 2.24) is 10.6 Å². The third kappa shape index (κ3) is 7.06. The summed E-state index contributed by atoms with van der Waals surface area (Å²) in [5.74, 6) is 0.453. The molecule has 0 amide bonds. The van der Waals surface area contributed by atoms with E-state index < -0.39 is 0 Å². The van der Waals surface area contributed by atoms with Crippen LogP contribution in [0.3, 0.4) is 0 Å². The van der Waals surface area contributed by atoms with Crippen LogP contribution in [0.1, 0.15) is 5.56 Å². The van der Waals surface area contributed by atoms with Crippen LogP contribution < -0.4 is 10.6 Å². The zero-order chi connectivity index (χ0) is 14.6. The van der Waals surface area contributed by atoms with Gasteiger partial charge in [-0.05, 0) is 17.7 Å². The van der Waals surface area contributed by atoms with Crippen LogP contribution in [0.15, 0.2) is 29.3 Å². The molecule has 0 bridgehead atoms. The molecular weight excluding hydrogens is 261 g/mol. The van der Waals surface area contributed by atoms with Gasteiger partial charge >= 0.3 is 0 Å². The maximum absolute atomic E-state index is 12.8. The summed E-state index contributed by atoms with van der Waals surface area (Å²) in [7, 11) is 3.34. The van der Waals surface area contributed by atoms with Crippen molar-refractivity contribution in [3.8, 4) is 0 Å². The van der Waals surface area contributed by atoms with Crippen LogP contribution in [-0.4, -0.2) is 46.5 Å². The molecule has 0 unspecified atom stereocenters. The highest BCUT2D eigenvalue weighted by atomic mass is 19.1. The molecule has 0 spiro atoms. The number of guanidine groups is 1. The van der Waals surface area contributed by atoms with E-state index in [4.69, 9.17) is 9.47 Å². The Balaban J connectivity index is 2.18. The average molecular weight is 283 g/mol. The van der Waals surface area contributed by atoms with Crippen molar-refractivity contribution >= 4 is 5.96 Å². The number of nitrogens with one attached hydrogen (secondary N) is 2. The molecule has 0 fully saturated rings. The van der Waals surface area contributed by atoms with Gasteiger partial charge in [0.25, 0.3) is 0 Å². The summed E-state index contributed by atoms with van der Waals surface area (Å²) in [6, 6.07) is 6.36. The zero-order valence-electron chi connectivity index (χ0n) is 12.0. The predicted molar refractivity (Wildman–Crippen MR) is 77.3 cm³/mol. The van der Waals surface area contributed by atoms with Gasteiger partial charge in [-0.15, -0.1) is 0 Å². The molecule has 0 radical (unpaired) electrons. The number of aliphatic imine (C=N–C) groups is 1. The number of rotatable bonds is 8. The molecule has 2 N–H and O–H groups in total. The molecule has 5 nitrogen and oxygen atoms in total. The molecule has 1 aromatic carbocycles. The second kappa shape index (κ2) is 10.2. The molecule has 0 saturated heterocycles. The second-order valence-corrected chi connectivity index (χ2v) is 4.08. The highest BCUT2D eigenvalue weighted by Gasteiger charge is 1.98.